The first-order valence-electron chi connectivity index (χ1n) is 18.9. The van der Waals surface area contributed by atoms with Crippen molar-refractivity contribution in [1.82, 2.24) is 0 Å². The molecule has 0 amide bonds. The van der Waals surface area contributed by atoms with E-state index in [2.05, 4.69) is 47.9 Å². The third-order valence-electron chi connectivity index (χ3n) is 7.43. The topological polar surface area (TPSA) is 180 Å². The summed E-state index contributed by atoms with van der Waals surface area (Å²) in [7, 11) is -4.85. The van der Waals surface area contributed by atoms with Gasteiger partial charge in [0.05, 0.1) is 24.9 Å². The van der Waals surface area contributed by atoms with E-state index in [1.165, 1.54) is 25.3 Å². The summed E-state index contributed by atoms with van der Waals surface area (Å²) >= 11 is 0. The number of phosphoric ester groups is 1. The number of hydrogen-bond donors (Lipinski definition) is 5. The van der Waals surface area contributed by atoms with Crippen LogP contribution in [0, 0.1) is 0 Å². The van der Waals surface area contributed by atoms with Crippen molar-refractivity contribution in [3.05, 3.63) is 97.2 Å². The van der Waals surface area contributed by atoms with Gasteiger partial charge in [-0.15, -0.1) is 0 Å². The van der Waals surface area contributed by atoms with Crippen molar-refractivity contribution in [3.63, 3.8) is 0 Å². The zero-order valence-electron chi connectivity index (χ0n) is 31.7. The van der Waals surface area contributed by atoms with E-state index in [0.717, 1.165) is 38.5 Å². The minimum absolute atomic E-state index is 0.0830. The lowest BCUT2D eigenvalue weighted by Gasteiger charge is -2.18. The Bertz CT molecular complexity index is 1230. The zero-order valence-corrected chi connectivity index (χ0v) is 32.6. The van der Waals surface area contributed by atoms with Gasteiger partial charge in [0, 0.05) is 12.8 Å². The Hall–Kier alpha value is -3.15. The molecular weight excluding hydrogens is 699 g/mol. The third kappa shape index (κ3) is 35.6. The Labute approximate surface area is 317 Å². The van der Waals surface area contributed by atoms with Crippen molar-refractivity contribution in [2.45, 2.75) is 135 Å². The molecule has 11 nitrogen and oxygen atoms in total. The van der Waals surface area contributed by atoms with E-state index in [9.17, 15) is 29.5 Å². The van der Waals surface area contributed by atoms with Crippen LogP contribution in [0.1, 0.15) is 110 Å². The highest BCUT2D eigenvalue weighted by Gasteiger charge is 2.23. The van der Waals surface area contributed by atoms with Crippen molar-refractivity contribution < 1.29 is 53.3 Å². The molecule has 0 aromatic rings. The number of rotatable bonds is 32. The van der Waals surface area contributed by atoms with Crippen LogP contribution in [0.5, 0.6) is 0 Å². The molecule has 0 aromatic carbocycles. The van der Waals surface area contributed by atoms with Crippen molar-refractivity contribution in [3.8, 4) is 0 Å². The standard InChI is InChI=1S/C41H65O11P/c1-3-5-7-8-9-10-11-12-13-14-15-16-17-22-26-32-41(46)52-37(35-51-53(47,48)49)34-50-40(45)33-27-31-39(44)38(43)30-25-21-19-18-20-24-29-36(42)28-23-6-4-2/h6,9-10,12-13,15-16,18-21,23-25,29-30,36-39,42-44H,3-5,7-8,11,14,17,22,26-28,31-35H2,1-2H3,(H2,47,48,49)/b10-9-,13-12-,16-15-,20-18+,21-19-,23-6-,29-24+,30-25-/t36-,37-,38+,39+/m1/s1. The largest absolute Gasteiger partial charge is 0.469 e. The summed E-state index contributed by atoms with van der Waals surface area (Å²) in [6.45, 7) is 3.10. The second-order valence-electron chi connectivity index (χ2n) is 12.4. The maximum absolute atomic E-state index is 12.4. The lowest BCUT2D eigenvalue weighted by molar-refractivity contribution is -0.161. The predicted molar refractivity (Wildman–Crippen MR) is 211 cm³/mol. The second kappa shape index (κ2) is 34.6. The maximum atomic E-state index is 12.4. The number of hydrogen-bond acceptors (Lipinski definition) is 9. The van der Waals surface area contributed by atoms with Crippen molar-refractivity contribution in [2.24, 2.45) is 0 Å². The number of ether oxygens (including phenoxy) is 2. The summed E-state index contributed by atoms with van der Waals surface area (Å²) in [6, 6.07) is 0. The summed E-state index contributed by atoms with van der Waals surface area (Å²) in [6.07, 6.45) is 36.5. The molecular formula is C41H65O11P. The first kappa shape index (κ1) is 49.9. The molecule has 0 rings (SSSR count). The highest BCUT2D eigenvalue weighted by Crippen LogP contribution is 2.36. The van der Waals surface area contributed by atoms with Crippen LogP contribution >= 0.6 is 7.82 Å². The first-order chi connectivity index (χ1) is 25.5. The van der Waals surface area contributed by atoms with Crippen LogP contribution in [0.15, 0.2) is 97.2 Å². The van der Waals surface area contributed by atoms with Crippen molar-refractivity contribution >= 4 is 19.8 Å². The molecule has 0 bridgehead atoms. The van der Waals surface area contributed by atoms with Gasteiger partial charge in [-0.3, -0.25) is 14.1 Å². The van der Waals surface area contributed by atoms with Gasteiger partial charge < -0.3 is 34.6 Å². The quantitative estimate of drug-likeness (QED) is 0.0147. The first-order valence-corrected chi connectivity index (χ1v) is 20.4. The average molecular weight is 765 g/mol. The van der Waals surface area contributed by atoms with Crippen LogP contribution in [0.3, 0.4) is 0 Å². The Balaban J connectivity index is 4.42. The van der Waals surface area contributed by atoms with Gasteiger partial charge in [0.1, 0.15) is 6.61 Å². The van der Waals surface area contributed by atoms with Crippen molar-refractivity contribution in [2.75, 3.05) is 13.2 Å². The van der Waals surface area contributed by atoms with E-state index in [4.69, 9.17) is 19.3 Å². The summed E-state index contributed by atoms with van der Waals surface area (Å²) in [5.41, 5.74) is 0. The van der Waals surface area contributed by atoms with Gasteiger partial charge in [-0.25, -0.2) is 4.57 Å². The van der Waals surface area contributed by atoms with E-state index in [1.807, 2.05) is 19.1 Å². The van der Waals surface area contributed by atoms with E-state index < -0.39 is 57.4 Å². The highest BCUT2D eigenvalue weighted by molar-refractivity contribution is 7.46. The minimum Gasteiger partial charge on any atom is -0.462 e. The fourth-order valence-corrected chi connectivity index (χ4v) is 4.84. The highest BCUT2D eigenvalue weighted by atomic mass is 31.2. The SMILES string of the molecule is CC/C=C\C[C@@H](O)/C=C/C=C/C=C\C=C/[C@H](O)[C@@H](O)CCCC(=O)OC[C@H](COP(=O)(O)O)OC(=O)CCCC/C=C\C/C=C\C/C=C\CCCCC. The summed E-state index contributed by atoms with van der Waals surface area (Å²) in [5.74, 6) is -1.28. The molecule has 0 spiro atoms. The maximum Gasteiger partial charge on any atom is 0.469 e. The number of carbonyl (C=O) groups excluding carboxylic acids is 2. The molecule has 4 atom stereocenters. The van der Waals surface area contributed by atoms with E-state index in [0.29, 0.717) is 12.8 Å². The third-order valence-corrected chi connectivity index (χ3v) is 7.91. The van der Waals surface area contributed by atoms with Gasteiger partial charge >= 0.3 is 19.8 Å². The predicted octanol–water partition coefficient (Wildman–Crippen LogP) is 7.97. The average Bonchev–Trinajstić information content (AvgIpc) is 3.11. The summed E-state index contributed by atoms with van der Waals surface area (Å²) in [4.78, 5) is 42.7. The van der Waals surface area contributed by atoms with Crippen molar-refractivity contribution in [1.29, 1.82) is 0 Å². The molecule has 0 aromatic heterocycles. The number of esters is 2. The van der Waals surface area contributed by atoms with E-state index in [1.54, 1.807) is 42.5 Å². The molecule has 0 saturated carbocycles. The Morgan fingerprint density at radius 3 is 1.87 bits per heavy atom. The molecule has 12 heteroatoms. The Kier molecular flexibility index (Phi) is 32.6. The molecule has 300 valence electrons. The minimum atomic E-state index is -4.85. The summed E-state index contributed by atoms with van der Waals surface area (Å²) < 4.78 is 26.1. The zero-order chi connectivity index (χ0) is 39.4. The van der Waals surface area contributed by atoms with Gasteiger partial charge in [0.15, 0.2) is 6.10 Å². The fourth-order valence-electron chi connectivity index (χ4n) is 4.48. The van der Waals surface area contributed by atoms with Crippen LogP contribution in [0.2, 0.25) is 0 Å². The Morgan fingerprint density at radius 1 is 0.660 bits per heavy atom. The number of aliphatic hydroxyl groups is 3. The van der Waals surface area contributed by atoms with Crippen LogP contribution in [0.4, 0.5) is 0 Å². The van der Waals surface area contributed by atoms with E-state index in [-0.39, 0.29) is 25.7 Å². The van der Waals surface area contributed by atoms with Crippen LogP contribution < -0.4 is 0 Å². The number of allylic oxidation sites excluding steroid dienone is 13. The molecule has 0 radical (unpaired) electrons. The number of unbranched alkanes of at least 4 members (excludes halogenated alkanes) is 5. The van der Waals surface area contributed by atoms with Crippen LogP contribution in [-0.4, -0.2) is 74.7 Å². The Morgan fingerprint density at radius 2 is 1.25 bits per heavy atom. The normalized spacial score (nSPS) is 15.4. The van der Waals surface area contributed by atoms with Crippen LogP contribution in [0.25, 0.3) is 0 Å². The van der Waals surface area contributed by atoms with Gasteiger partial charge in [0.2, 0.25) is 0 Å². The summed E-state index contributed by atoms with van der Waals surface area (Å²) in [5, 5.41) is 30.2. The smallest absolute Gasteiger partial charge is 0.462 e. The lowest BCUT2D eigenvalue weighted by Crippen LogP contribution is -2.29. The van der Waals surface area contributed by atoms with E-state index >= 15 is 0 Å². The number of phosphoric acid groups is 1. The molecule has 0 saturated heterocycles. The molecule has 0 unspecified atom stereocenters. The van der Waals surface area contributed by atoms with Gasteiger partial charge in [-0.2, -0.15) is 0 Å². The molecule has 0 aliphatic heterocycles. The monoisotopic (exact) mass is 764 g/mol. The fraction of sp³-hybridized carbons (Fsp3) is 0.561. The molecule has 0 aliphatic rings. The molecule has 0 heterocycles. The van der Waals surface area contributed by atoms with Gasteiger partial charge in [0.25, 0.3) is 0 Å². The van der Waals surface area contributed by atoms with Crippen LogP contribution in [-0.2, 0) is 28.2 Å². The second-order valence-corrected chi connectivity index (χ2v) is 13.6. The molecule has 53 heavy (non-hydrogen) atoms. The molecule has 0 fully saturated rings. The number of aliphatic hydroxyl groups excluding tert-OH is 3. The van der Waals surface area contributed by atoms with Gasteiger partial charge in [-0.1, -0.05) is 124 Å². The molecule has 0 aliphatic carbocycles. The number of carbonyl (C=O) groups is 2. The lowest BCUT2D eigenvalue weighted by atomic mass is 10.1. The molecule has 5 N–H and O–H groups in total. The van der Waals surface area contributed by atoms with Gasteiger partial charge in [-0.05, 0) is 70.6 Å².